The number of hydrogen-bond acceptors (Lipinski definition) is 7. The smallest absolute Gasteiger partial charge is 0.316 e. The van der Waals surface area contributed by atoms with Gasteiger partial charge in [-0.3, -0.25) is 14.4 Å². The normalized spacial score (nSPS) is 15.1. The summed E-state index contributed by atoms with van der Waals surface area (Å²) in [6.45, 7) is 3.89. The Hall–Kier alpha value is -4.59. The van der Waals surface area contributed by atoms with Crippen LogP contribution in [0.3, 0.4) is 0 Å². The Morgan fingerprint density at radius 1 is 0.947 bits per heavy atom. The number of esters is 1. The van der Waals surface area contributed by atoms with Crippen LogP contribution in [0.1, 0.15) is 17.5 Å². The maximum absolute atomic E-state index is 13.7. The van der Waals surface area contributed by atoms with E-state index in [9.17, 15) is 14.4 Å². The molecule has 8 heteroatoms. The molecule has 8 nitrogen and oxygen atoms in total. The number of amides is 1. The standard InChI is InChI=1S/C30H27NO7/c1-17-12-18(2)27-22(13-17)26(33)29(28(37-27)19-10-11-23(35-3)24(14-19)36-4)38-30(34)20-15-25(32)31(16-20)21-8-6-5-7-9-21/h5-14,20H,15-16H2,1-4H3. The summed E-state index contributed by atoms with van der Waals surface area (Å²) in [5, 5.41) is 0.308. The zero-order valence-corrected chi connectivity index (χ0v) is 21.6. The number of methoxy groups -OCH3 is 2. The van der Waals surface area contributed by atoms with Gasteiger partial charge >= 0.3 is 5.97 Å². The van der Waals surface area contributed by atoms with E-state index in [-0.39, 0.29) is 30.4 Å². The molecule has 0 saturated carbocycles. The van der Waals surface area contributed by atoms with E-state index < -0.39 is 17.3 Å². The van der Waals surface area contributed by atoms with Gasteiger partial charge in [-0.1, -0.05) is 24.3 Å². The highest BCUT2D eigenvalue weighted by Crippen LogP contribution is 2.38. The third-order valence-corrected chi connectivity index (χ3v) is 6.65. The van der Waals surface area contributed by atoms with Gasteiger partial charge in [-0.05, 0) is 61.4 Å². The maximum atomic E-state index is 13.7. The molecule has 1 aromatic heterocycles. The molecule has 1 aliphatic heterocycles. The minimum absolute atomic E-state index is 0.0173. The summed E-state index contributed by atoms with van der Waals surface area (Å²) >= 11 is 0. The fourth-order valence-electron chi connectivity index (χ4n) is 4.80. The van der Waals surface area contributed by atoms with E-state index in [4.69, 9.17) is 18.6 Å². The first-order chi connectivity index (χ1) is 18.3. The molecule has 194 valence electrons. The van der Waals surface area contributed by atoms with Crippen molar-refractivity contribution in [2.45, 2.75) is 20.3 Å². The van der Waals surface area contributed by atoms with Crippen LogP contribution in [0.25, 0.3) is 22.3 Å². The van der Waals surface area contributed by atoms with E-state index in [0.717, 1.165) is 11.1 Å². The zero-order valence-electron chi connectivity index (χ0n) is 21.6. The van der Waals surface area contributed by atoms with Crippen LogP contribution in [0.2, 0.25) is 0 Å². The Bertz CT molecular complexity index is 1610. The van der Waals surface area contributed by atoms with Crippen molar-refractivity contribution in [2.75, 3.05) is 25.7 Å². The van der Waals surface area contributed by atoms with Crippen molar-refractivity contribution in [1.29, 1.82) is 0 Å². The minimum Gasteiger partial charge on any atom is -0.493 e. The largest absolute Gasteiger partial charge is 0.493 e. The summed E-state index contributed by atoms with van der Waals surface area (Å²) in [6.07, 6.45) is -0.0173. The van der Waals surface area contributed by atoms with Crippen LogP contribution in [0.4, 0.5) is 5.69 Å². The molecular formula is C30H27NO7. The van der Waals surface area contributed by atoms with Crippen molar-refractivity contribution in [1.82, 2.24) is 0 Å². The molecule has 38 heavy (non-hydrogen) atoms. The van der Waals surface area contributed by atoms with Crippen molar-refractivity contribution in [2.24, 2.45) is 5.92 Å². The number of benzene rings is 3. The molecule has 1 unspecified atom stereocenters. The van der Waals surface area contributed by atoms with Crippen molar-refractivity contribution in [3.05, 3.63) is 82.0 Å². The molecule has 3 aromatic carbocycles. The third-order valence-electron chi connectivity index (χ3n) is 6.65. The molecular weight excluding hydrogens is 486 g/mol. The van der Waals surface area contributed by atoms with Crippen molar-refractivity contribution in [3.8, 4) is 28.6 Å². The lowest BCUT2D eigenvalue weighted by Crippen LogP contribution is -2.28. The molecule has 1 fully saturated rings. The van der Waals surface area contributed by atoms with Crippen LogP contribution < -0.4 is 24.5 Å². The van der Waals surface area contributed by atoms with Crippen molar-refractivity contribution in [3.63, 3.8) is 0 Å². The van der Waals surface area contributed by atoms with Crippen LogP contribution >= 0.6 is 0 Å². The molecule has 0 spiro atoms. The van der Waals surface area contributed by atoms with E-state index >= 15 is 0 Å². The number of fused-ring (bicyclic) bond motifs is 1. The molecule has 2 heterocycles. The topological polar surface area (TPSA) is 95.3 Å². The highest BCUT2D eigenvalue weighted by atomic mass is 16.5. The van der Waals surface area contributed by atoms with E-state index in [0.29, 0.717) is 33.7 Å². The average molecular weight is 514 g/mol. The van der Waals surface area contributed by atoms with Crippen LogP contribution in [-0.4, -0.2) is 32.6 Å². The summed E-state index contributed by atoms with van der Waals surface area (Å²) in [7, 11) is 3.02. The van der Waals surface area contributed by atoms with E-state index in [1.165, 1.54) is 14.2 Å². The van der Waals surface area contributed by atoms with Crippen LogP contribution in [0, 0.1) is 19.8 Å². The summed E-state index contributed by atoms with van der Waals surface area (Å²) in [5.74, 6) is -0.820. The molecule has 1 aliphatic rings. The molecule has 0 aliphatic carbocycles. The lowest BCUT2D eigenvalue weighted by molar-refractivity contribution is -0.139. The Balaban J connectivity index is 1.58. The molecule has 0 radical (unpaired) electrons. The lowest BCUT2D eigenvalue weighted by Gasteiger charge is -2.17. The number of carbonyl (C=O) groups excluding carboxylic acids is 2. The van der Waals surface area contributed by atoms with E-state index in [1.54, 1.807) is 29.2 Å². The SMILES string of the molecule is COc1ccc(-c2oc3c(C)cc(C)cc3c(=O)c2OC(=O)C2CC(=O)N(c3ccccc3)C2)cc1OC. The maximum Gasteiger partial charge on any atom is 0.316 e. The second-order valence-corrected chi connectivity index (χ2v) is 9.28. The van der Waals surface area contributed by atoms with Gasteiger partial charge in [0.2, 0.25) is 17.1 Å². The van der Waals surface area contributed by atoms with Crippen molar-refractivity contribution >= 4 is 28.5 Å². The quantitative estimate of drug-likeness (QED) is 0.333. The highest BCUT2D eigenvalue weighted by Gasteiger charge is 2.37. The second kappa shape index (κ2) is 10.0. The van der Waals surface area contributed by atoms with Gasteiger partial charge in [0.05, 0.1) is 25.5 Å². The Kier molecular flexibility index (Phi) is 6.63. The van der Waals surface area contributed by atoms with Gasteiger partial charge in [0.1, 0.15) is 5.58 Å². The van der Waals surface area contributed by atoms with E-state index in [2.05, 4.69) is 0 Å². The van der Waals surface area contributed by atoms with Crippen LogP contribution in [0.5, 0.6) is 17.2 Å². The molecule has 5 rings (SSSR count). The third kappa shape index (κ3) is 4.49. The van der Waals surface area contributed by atoms with Crippen LogP contribution in [-0.2, 0) is 9.59 Å². The number of ether oxygens (including phenoxy) is 3. The van der Waals surface area contributed by atoms with Gasteiger partial charge in [-0.25, -0.2) is 0 Å². The first-order valence-corrected chi connectivity index (χ1v) is 12.2. The van der Waals surface area contributed by atoms with Gasteiger partial charge < -0.3 is 23.5 Å². The summed E-state index contributed by atoms with van der Waals surface area (Å²) in [4.78, 5) is 41.3. The number of nitrogens with zero attached hydrogens (tertiary/aromatic N) is 1. The molecule has 4 aromatic rings. The number of aryl methyl sites for hydroxylation is 2. The molecule has 1 atom stereocenters. The monoisotopic (exact) mass is 513 g/mol. The van der Waals surface area contributed by atoms with Gasteiger partial charge in [0.25, 0.3) is 0 Å². The van der Waals surface area contributed by atoms with Gasteiger partial charge in [0, 0.05) is 24.2 Å². The lowest BCUT2D eigenvalue weighted by atomic mass is 10.0. The first-order valence-electron chi connectivity index (χ1n) is 12.2. The summed E-state index contributed by atoms with van der Waals surface area (Å²) < 4.78 is 22.8. The van der Waals surface area contributed by atoms with Gasteiger partial charge in [0.15, 0.2) is 17.3 Å². The molecule has 1 amide bonds. The number of anilines is 1. The Labute approximate surface area is 219 Å². The van der Waals surface area contributed by atoms with Crippen LogP contribution in [0.15, 0.2) is 69.9 Å². The van der Waals surface area contributed by atoms with Gasteiger partial charge in [-0.15, -0.1) is 0 Å². The number of hydrogen-bond donors (Lipinski definition) is 0. The summed E-state index contributed by atoms with van der Waals surface area (Å²) in [6, 6.07) is 17.8. The predicted octanol–water partition coefficient (Wildman–Crippen LogP) is 5.05. The fraction of sp³-hybridized carbons (Fsp3) is 0.233. The number of para-hydroxylation sites is 1. The Morgan fingerprint density at radius 3 is 2.39 bits per heavy atom. The average Bonchev–Trinajstić information content (AvgIpc) is 3.32. The van der Waals surface area contributed by atoms with Gasteiger partial charge in [-0.2, -0.15) is 0 Å². The summed E-state index contributed by atoms with van der Waals surface area (Å²) in [5.41, 5.74) is 2.75. The number of carbonyl (C=O) groups is 2. The zero-order chi connectivity index (χ0) is 27.0. The second-order valence-electron chi connectivity index (χ2n) is 9.28. The molecule has 1 saturated heterocycles. The number of rotatable bonds is 6. The predicted molar refractivity (Wildman–Crippen MR) is 143 cm³/mol. The van der Waals surface area contributed by atoms with Crippen molar-refractivity contribution < 1.29 is 28.2 Å². The molecule has 0 bridgehead atoms. The highest BCUT2D eigenvalue weighted by molar-refractivity contribution is 6.00. The fourth-order valence-corrected chi connectivity index (χ4v) is 4.80. The Morgan fingerprint density at radius 2 is 1.68 bits per heavy atom. The molecule has 0 N–H and O–H groups in total. The first kappa shape index (κ1) is 25.1. The van der Waals surface area contributed by atoms with E-state index in [1.807, 2.05) is 50.2 Å². The minimum atomic E-state index is -0.740.